The first kappa shape index (κ1) is 17.0. The lowest BCUT2D eigenvalue weighted by Gasteiger charge is -2.21. The van der Waals surface area contributed by atoms with E-state index in [1.165, 1.54) is 0 Å². The summed E-state index contributed by atoms with van der Waals surface area (Å²) in [4.78, 5) is 2.12. The highest BCUT2D eigenvalue weighted by atomic mass is 16.5. The Kier molecular flexibility index (Phi) is 7.59. The van der Waals surface area contributed by atoms with Crippen molar-refractivity contribution in [2.24, 2.45) is 0 Å². The van der Waals surface area contributed by atoms with Gasteiger partial charge < -0.3 is 19.8 Å². The number of hydrogen-bond donors (Lipinski definition) is 2. The fraction of sp³-hybridized carbons (Fsp3) is 0.625. The van der Waals surface area contributed by atoms with Crippen molar-refractivity contribution in [3.05, 3.63) is 29.8 Å². The highest BCUT2D eigenvalue weighted by Gasteiger charge is 2.10. The average Bonchev–Trinajstić information content (AvgIpc) is 2.43. The molecule has 0 radical (unpaired) electrons. The van der Waals surface area contributed by atoms with Crippen LogP contribution in [0.25, 0.3) is 0 Å². The molecule has 1 aromatic rings. The van der Waals surface area contributed by atoms with E-state index >= 15 is 0 Å². The maximum Gasteiger partial charge on any atom is 0.119 e. The number of aliphatic hydroxyl groups is 2. The molecule has 1 aromatic carbocycles. The van der Waals surface area contributed by atoms with E-state index in [9.17, 15) is 5.11 Å². The van der Waals surface area contributed by atoms with E-state index in [2.05, 4.69) is 11.8 Å². The molecule has 114 valence electrons. The fourth-order valence-corrected chi connectivity index (χ4v) is 2.08. The van der Waals surface area contributed by atoms with E-state index in [-0.39, 0.29) is 12.7 Å². The molecule has 1 unspecified atom stereocenters. The van der Waals surface area contributed by atoms with Crippen LogP contribution in [-0.2, 0) is 0 Å². The molecule has 0 spiro atoms. The first-order valence-electron chi connectivity index (χ1n) is 7.34. The van der Waals surface area contributed by atoms with E-state index < -0.39 is 6.10 Å². The molecule has 0 aliphatic rings. The Balaban J connectivity index is 2.48. The van der Waals surface area contributed by atoms with E-state index in [0.717, 1.165) is 24.4 Å². The zero-order valence-corrected chi connectivity index (χ0v) is 12.7. The topological polar surface area (TPSA) is 52.9 Å². The minimum atomic E-state index is -0.476. The number of hydrogen-bond acceptors (Lipinski definition) is 4. The molecule has 0 saturated heterocycles. The second-order valence-electron chi connectivity index (χ2n) is 5.20. The summed E-state index contributed by atoms with van der Waals surface area (Å²) in [7, 11) is 0. The van der Waals surface area contributed by atoms with Crippen LogP contribution >= 0.6 is 0 Å². The summed E-state index contributed by atoms with van der Waals surface area (Å²) >= 11 is 0. The van der Waals surface area contributed by atoms with Crippen LogP contribution in [0.4, 0.5) is 0 Å². The quantitative estimate of drug-likeness (QED) is 0.728. The molecule has 0 fully saturated rings. The number of rotatable bonds is 9. The van der Waals surface area contributed by atoms with E-state index in [4.69, 9.17) is 9.84 Å². The third-order valence-electron chi connectivity index (χ3n) is 3.22. The number of ether oxygens (including phenoxy) is 1. The minimum absolute atomic E-state index is 0.155. The molecule has 20 heavy (non-hydrogen) atoms. The van der Waals surface area contributed by atoms with Gasteiger partial charge in [-0.15, -0.1) is 0 Å². The molecule has 4 heteroatoms. The van der Waals surface area contributed by atoms with Crippen LogP contribution < -0.4 is 4.74 Å². The molecule has 1 atom stereocenters. The van der Waals surface area contributed by atoms with Gasteiger partial charge in [0, 0.05) is 13.1 Å². The number of benzene rings is 1. The van der Waals surface area contributed by atoms with Crippen molar-refractivity contribution >= 4 is 0 Å². The summed E-state index contributed by atoms with van der Waals surface area (Å²) in [6.45, 7) is 8.51. The summed E-state index contributed by atoms with van der Waals surface area (Å²) in [5, 5.41) is 19.1. The predicted octanol–water partition coefficient (Wildman–Crippen LogP) is 2.21. The largest absolute Gasteiger partial charge is 0.491 e. The number of aliphatic hydroxyl groups excluding tert-OH is 2. The lowest BCUT2D eigenvalue weighted by molar-refractivity contribution is 0.133. The Hall–Kier alpha value is -1.10. The standard InChI is InChI=1S/C16H27NO3/c1-4-17(11-12-18)10-9-16(19)14-5-7-15(8-6-14)20-13(2)3/h5-8,13,16,18-19H,4,9-12H2,1-3H3. The van der Waals surface area contributed by atoms with Gasteiger partial charge in [0.25, 0.3) is 0 Å². The second kappa shape index (κ2) is 8.95. The Morgan fingerprint density at radius 2 is 1.80 bits per heavy atom. The van der Waals surface area contributed by atoms with E-state index in [0.29, 0.717) is 13.0 Å². The lowest BCUT2D eigenvalue weighted by Crippen LogP contribution is -2.28. The normalized spacial score (nSPS) is 12.9. The van der Waals surface area contributed by atoms with Crippen LogP contribution in [0, 0.1) is 0 Å². The molecular weight excluding hydrogens is 254 g/mol. The Morgan fingerprint density at radius 3 is 2.30 bits per heavy atom. The molecule has 4 nitrogen and oxygen atoms in total. The molecular formula is C16H27NO3. The average molecular weight is 281 g/mol. The van der Waals surface area contributed by atoms with Crippen LogP contribution in [0.3, 0.4) is 0 Å². The highest BCUT2D eigenvalue weighted by Crippen LogP contribution is 2.21. The highest BCUT2D eigenvalue weighted by molar-refractivity contribution is 5.28. The fourth-order valence-electron chi connectivity index (χ4n) is 2.08. The molecule has 0 amide bonds. The van der Waals surface area contributed by atoms with Crippen molar-refractivity contribution in [2.75, 3.05) is 26.2 Å². The van der Waals surface area contributed by atoms with Crippen molar-refractivity contribution in [2.45, 2.75) is 39.4 Å². The third kappa shape index (κ3) is 5.90. The van der Waals surface area contributed by atoms with Gasteiger partial charge in [-0.3, -0.25) is 0 Å². The summed E-state index contributed by atoms with van der Waals surface area (Å²) in [5.41, 5.74) is 0.904. The van der Waals surface area contributed by atoms with Crippen molar-refractivity contribution < 1.29 is 14.9 Å². The van der Waals surface area contributed by atoms with Crippen LogP contribution in [0.5, 0.6) is 5.75 Å². The van der Waals surface area contributed by atoms with E-state index in [1.807, 2.05) is 38.1 Å². The minimum Gasteiger partial charge on any atom is -0.491 e. The Morgan fingerprint density at radius 1 is 1.15 bits per heavy atom. The van der Waals surface area contributed by atoms with Crippen LogP contribution in [0.15, 0.2) is 24.3 Å². The summed E-state index contributed by atoms with van der Waals surface area (Å²) in [5.74, 6) is 0.825. The third-order valence-corrected chi connectivity index (χ3v) is 3.22. The molecule has 0 aromatic heterocycles. The molecule has 2 N–H and O–H groups in total. The monoisotopic (exact) mass is 281 g/mol. The van der Waals surface area contributed by atoms with Crippen LogP contribution in [-0.4, -0.2) is 47.5 Å². The van der Waals surface area contributed by atoms with Gasteiger partial charge in [-0.25, -0.2) is 0 Å². The smallest absolute Gasteiger partial charge is 0.119 e. The lowest BCUT2D eigenvalue weighted by atomic mass is 10.1. The molecule has 0 aliphatic heterocycles. The van der Waals surface area contributed by atoms with Gasteiger partial charge in [-0.1, -0.05) is 19.1 Å². The second-order valence-corrected chi connectivity index (χ2v) is 5.20. The van der Waals surface area contributed by atoms with E-state index in [1.54, 1.807) is 0 Å². The SMILES string of the molecule is CCN(CCO)CCC(O)c1ccc(OC(C)C)cc1. The maximum absolute atomic E-state index is 10.2. The van der Waals surface area contributed by atoms with Crippen molar-refractivity contribution in [1.82, 2.24) is 4.90 Å². The van der Waals surface area contributed by atoms with Gasteiger partial charge >= 0.3 is 0 Å². The van der Waals surface area contributed by atoms with Crippen LogP contribution in [0.2, 0.25) is 0 Å². The Bertz CT molecular complexity index is 364. The zero-order valence-electron chi connectivity index (χ0n) is 12.7. The zero-order chi connectivity index (χ0) is 15.0. The van der Waals surface area contributed by atoms with Crippen molar-refractivity contribution in [3.63, 3.8) is 0 Å². The number of nitrogens with zero attached hydrogens (tertiary/aromatic N) is 1. The maximum atomic E-state index is 10.2. The molecule has 0 heterocycles. The van der Waals surface area contributed by atoms with Gasteiger partial charge in [0.15, 0.2) is 0 Å². The first-order chi connectivity index (χ1) is 9.56. The predicted molar refractivity (Wildman–Crippen MR) is 81.0 cm³/mol. The van der Waals surface area contributed by atoms with Gasteiger partial charge in [0.2, 0.25) is 0 Å². The molecule has 0 bridgehead atoms. The molecule has 0 aliphatic carbocycles. The van der Waals surface area contributed by atoms with Crippen molar-refractivity contribution in [1.29, 1.82) is 0 Å². The van der Waals surface area contributed by atoms with Crippen LogP contribution in [0.1, 0.15) is 38.9 Å². The summed E-state index contributed by atoms with van der Waals surface area (Å²) < 4.78 is 5.58. The Labute approximate surface area is 122 Å². The molecule has 0 saturated carbocycles. The summed E-state index contributed by atoms with van der Waals surface area (Å²) in [6.07, 6.45) is 0.344. The number of likely N-dealkylation sites (N-methyl/N-ethyl adjacent to an activating group) is 1. The van der Waals surface area contributed by atoms with Gasteiger partial charge in [0.1, 0.15) is 5.75 Å². The van der Waals surface area contributed by atoms with Crippen molar-refractivity contribution in [3.8, 4) is 5.75 Å². The summed E-state index contributed by atoms with van der Waals surface area (Å²) in [6, 6.07) is 7.60. The van der Waals surface area contributed by atoms with Gasteiger partial charge in [-0.2, -0.15) is 0 Å². The van der Waals surface area contributed by atoms with Gasteiger partial charge in [-0.05, 0) is 44.5 Å². The van der Waals surface area contributed by atoms with Gasteiger partial charge in [0.05, 0.1) is 18.8 Å². The molecule has 1 rings (SSSR count). The first-order valence-corrected chi connectivity index (χ1v) is 7.34.